The van der Waals surface area contributed by atoms with Crippen molar-refractivity contribution in [2.45, 2.75) is 30.7 Å². The lowest BCUT2D eigenvalue weighted by Crippen LogP contribution is -2.35. The number of anilines is 1. The van der Waals surface area contributed by atoms with E-state index in [0.29, 0.717) is 6.04 Å². The largest absolute Gasteiger partial charge is 0.383 e. The van der Waals surface area contributed by atoms with Crippen LogP contribution < -0.4 is 10.0 Å². The van der Waals surface area contributed by atoms with Gasteiger partial charge >= 0.3 is 0 Å². The average Bonchev–Trinajstić information content (AvgIpc) is 2.99. The minimum atomic E-state index is -3.35. The summed E-state index contributed by atoms with van der Waals surface area (Å²) in [5, 5.41) is 3.36. The number of nitrogens with zero attached hydrogens (tertiary/aromatic N) is 1. The molecule has 6 heteroatoms. The molecule has 1 atom stereocenters. The highest BCUT2D eigenvalue weighted by molar-refractivity contribution is 7.89. The smallest absolute Gasteiger partial charge is 0.240 e. The van der Waals surface area contributed by atoms with Gasteiger partial charge in [-0.2, -0.15) is 0 Å². The first-order valence-electron chi connectivity index (χ1n) is 7.04. The Bertz CT molecular complexity index is 522. The third kappa shape index (κ3) is 3.71. The number of hydrogen-bond acceptors (Lipinski definition) is 4. The summed E-state index contributed by atoms with van der Waals surface area (Å²) in [6, 6.07) is 7.35. The van der Waals surface area contributed by atoms with Crippen molar-refractivity contribution < 1.29 is 8.42 Å². The van der Waals surface area contributed by atoms with Crippen molar-refractivity contribution in [3.63, 3.8) is 0 Å². The van der Waals surface area contributed by atoms with Gasteiger partial charge in [-0.3, -0.25) is 4.90 Å². The monoisotopic (exact) mass is 297 g/mol. The lowest BCUT2D eigenvalue weighted by atomic mass is 10.2. The predicted octanol–water partition coefficient (Wildman–Crippen LogP) is 1.49. The molecule has 0 saturated carbocycles. The van der Waals surface area contributed by atoms with E-state index >= 15 is 0 Å². The highest BCUT2D eigenvalue weighted by atomic mass is 32.2. The molecule has 5 nitrogen and oxygen atoms in total. The van der Waals surface area contributed by atoms with Gasteiger partial charge in [0.05, 0.1) is 4.90 Å². The van der Waals surface area contributed by atoms with Gasteiger partial charge in [-0.15, -0.1) is 0 Å². The summed E-state index contributed by atoms with van der Waals surface area (Å²) in [5.41, 5.74) is 0.950. The summed E-state index contributed by atoms with van der Waals surface area (Å²) in [6.07, 6.45) is 2.59. The second kappa shape index (κ2) is 6.56. The van der Waals surface area contributed by atoms with Crippen molar-refractivity contribution in [2.75, 3.05) is 32.0 Å². The minimum absolute atomic E-state index is 0.290. The van der Waals surface area contributed by atoms with Crippen molar-refractivity contribution in [1.29, 1.82) is 0 Å². The van der Waals surface area contributed by atoms with Crippen molar-refractivity contribution >= 4 is 15.7 Å². The second-order valence-corrected chi connectivity index (χ2v) is 7.09. The summed E-state index contributed by atoms with van der Waals surface area (Å²) >= 11 is 0. The Morgan fingerprint density at radius 2 is 1.80 bits per heavy atom. The molecular weight excluding hydrogens is 274 g/mol. The maximum Gasteiger partial charge on any atom is 0.240 e. The van der Waals surface area contributed by atoms with E-state index in [2.05, 4.69) is 21.9 Å². The Labute approximate surface area is 121 Å². The standard InChI is InChI=1S/C14H23N3O2S/c1-12(17-9-3-4-10-17)11-16-13-5-7-14(8-6-13)20(18,19)15-2/h5-8,12,15-16H,3-4,9-11H2,1-2H3. The molecule has 1 fully saturated rings. The first-order chi connectivity index (χ1) is 9.53. The summed E-state index contributed by atoms with van der Waals surface area (Å²) < 4.78 is 25.5. The van der Waals surface area contributed by atoms with E-state index in [1.54, 1.807) is 24.3 Å². The Balaban J connectivity index is 1.90. The molecule has 1 aromatic rings. The van der Waals surface area contributed by atoms with Crippen LogP contribution in [0.3, 0.4) is 0 Å². The Morgan fingerprint density at radius 3 is 2.35 bits per heavy atom. The van der Waals surface area contributed by atoms with Gasteiger partial charge in [0.15, 0.2) is 0 Å². The lowest BCUT2D eigenvalue weighted by Gasteiger charge is -2.24. The molecule has 0 bridgehead atoms. The van der Waals surface area contributed by atoms with Gasteiger partial charge in [0.1, 0.15) is 0 Å². The number of benzene rings is 1. The first kappa shape index (κ1) is 15.3. The van der Waals surface area contributed by atoms with Gasteiger partial charge in [0, 0.05) is 18.3 Å². The fraction of sp³-hybridized carbons (Fsp3) is 0.571. The molecule has 112 valence electrons. The van der Waals surface area contributed by atoms with Gasteiger partial charge in [-0.1, -0.05) is 0 Å². The van der Waals surface area contributed by atoms with E-state index in [1.807, 2.05) is 0 Å². The molecule has 1 unspecified atom stereocenters. The minimum Gasteiger partial charge on any atom is -0.383 e. The molecule has 0 amide bonds. The predicted molar refractivity (Wildman–Crippen MR) is 81.4 cm³/mol. The molecular formula is C14H23N3O2S. The Kier molecular flexibility index (Phi) is 5.01. The van der Waals surface area contributed by atoms with Crippen LogP contribution in [0.2, 0.25) is 0 Å². The zero-order valence-corrected chi connectivity index (χ0v) is 12.9. The number of rotatable bonds is 6. The van der Waals surface area contributed by atoms with Gasteiger partial charge in [-0.25, -0.2) is 13.1 Å². The molecule has 0 aliphatic carbocycles. The van der Waals surface area contributed by atoms with Gasteiger partial charge in [0.25, 0.3) is 0 Å². The van der Waals surface area contributed by atoms with Crippen molar-refractivity contribution in [2.24, 2.45) is 0 Å². The SMILES string of the molecule is CNS(=O)(=O)c1ccc(NCC(C)N2CCCC2)cc1. The molecule has 1 aliphatic heterocycles. The molecule has 1 heterocycles. The van der Waals surface area contributed by atoms with Gasteiger partial charge in [0.2, 0.25) is 10.0 Å². The quantitative estimate of drug-likeness (QED) is 0.835. The molecule has 20 heavy (non-hydrogen) atoms. The van der Waals surface area contributed by atoms with E-state index in [9.17, 15) is 8.42 Å². The molecule has 0 spiro atoms. The second-order valence-electron chi connectivity index (χ2n) is 5.20. The number of sulfonamides is 1. The molecule has 2 rings (SSSR count). The highest BCUT2D eigenvalue weighted by Crippen LogP contribution is 2.15. The molecule has 1 aliphatic rings. The highest BCUT2D eigenvalue weighted by Gasteiger charge is 2.17. The fourth-order valence-electron chi connectivity index (χ4n) is 2.45. The number of hydrogen-bond donors (Lipinski definition) is 2. The van der Waals surface area contributed by atoms with Crippen LogP contribution in [0, 0.1) is 0 Å². The zero-order chi connectivity index (χ0) is 14.6. The van der Waals surface area contributed by atoms with E-state index in [4.69, 9.17) is 0 Å². The molecule has 1 saturated heterocycles. The van der Waals surface area contributed by atoms with Crippen LogP contribution in [0.25, 0.3) is 0 Å². The van der Waals surface area contributed by atoms with E-state index in [-0.39, 0.29) is 4.90 Å². The van der Waals surface area contributed by atoms with E-state index < -0.39 is 10.0 Å². The zero-order valence-electron chi connectivity index (χ0n) is 12.1. The molecule has 2 N–H and O–H groups in total. The van der Waals surface area contributed by atoms with Crippen LogP contribution in [0.4, 0.5) is 5.69 Å². The van der Waals surface area contributed by atoms with Gasteiger partial charge < -0.3 is 5.32 Å². The first-order valence-corrected chi connectivity index (χ1v) is 8.53. The Hall–Kier alpha value is -1.11. The maximum absolute atomic E-state index is 11.6. The molecule has 0 radical (unpaired) electrons. The normalized spacial score (nSPS) is 18.1. The van der Waals surface area contributed by atoms with E-state index in [0.717, 1.165) is 12.2 Å². The van der Waals surface area contributed by atoms with Crippen LogP contribution in [0.5, 0.6) is 0 Å². The van der Waals surface area contributed by atoms with Crippen LogP contribution in [-0.4, -0.2) is 46.0 Å². The summed E-state index contributed by atoms with van der Waals surface area (Å²) in [4.78, 5) is 2.77. The fourth-order valence-corrected chi connectivity index (χ4v) is 3.18. The van der Waals surface area contributed by atoms with Crippen LogP contribution >= 0.6 is 0 Å². The molecule has 1 aromatic carbocycles. The summed E-state index contributed by atoms with van der Waals surface area (Å²) in [5.74, 6) is 0. The third-order valence-corrected chi connectivity index (χ3v) is 5.23. The average molecular weight is 297 g/mol. The number of nitrogens with one attached hydrogen (secondary N) is 2. The van der Waals surface area contributed by atoms with Crippen LogP contribution in [-0.2, 0) is 10.0 Å². The summed E-state index contributed by atoms with van der Waals surface area (Å²) in [7, 11) is -1.93. The van der Waals surface area contributed by atoms with Crippen LogP contribution in [0.15, 0.2) is 29.2 Å². The van der Waals surface area contributed by atoms with Gasteiger partial charge in [-0.05, 0) is 64.2 Å². The summed E-state index contributed by atoms with van der Waals surface area (Å²) in [6.45, 7) is 5.46. The van der Waals surface area contributed by atoms with E-state index in [1.165, 1.54) is 33.0 Å². The third-order valence-electron chi connectivity index (χ3n) is 3.80. The van der Waals surface area contributed by atoms with Crippen molar-refractivity contribution in [3.05, 3.63) is 24.3 Å². The molecule has 0 aromatic heterocycles. The maximum atomic E-state index is 11.6. The van der Waals surface area contributed by atoms with Crippen molar-refractivity contribution in [1.82, 2.24) is 9.62 Å². The lowest BCUT2D eigenvalue weighted by molar-refractivity contribution is 0.269. The number of likely N-dealkylation sites (tertiary alicyclic amines) is 1. The topological polar surface area (TPSA) is 61.4 Å². The van der Waals surface area contributed by atoms with Crippen molar-refractivity contribution in [3.8, 4) is 0 Å². The van der Waals surface area contributed by atoms with Crippen LogP contribution in [0.1, 0.15) is 19.8 Å². The Morgan fingerprint density at radius 1 is 1.20 bits per heavy atom.